The second kappa shape index (κ2) is 4.55. The van der Waals surface area contributed by atoms with Gasteiger partial charge in [-0.2, -0.15) is 4.31 Å². The van der Waals surface area contributed by atoms with Crippen LogP contribution in [0.25, 0.3) is 0 Å². The Morgan fingerprint density at radius 2 is 1.88 bits per heavy atom. The SMILES string of the molecule is Cc1cc(S(=O)(=O)N2CCCC2)c(Cl)cc1F. The van der Waals surface area contributed by atoms with Gasteiger partial charge in [0, 0.05) is 13.1 Å². The molecule has 0 N–H and O–H groups in total. The van der Waals surface area contributed by atoms with E-state index in [4.69, 9.17) is 11.6 Å². The van der Waals surface area contributed by atoms with Crippen molar-refractivity contribution >= 4 is 21.6 Å². The summed E-state index contributed by atoms with van der Waals surface area (Å²) < 4.78 is 39.1. The molecule has 0 aromatic heterocycles. The zero-order valence-electron chi connectivity index (χ0n) is 9.41. The molecule has 0 atom stereocenters. The molecular weight excluding hydrogens is 265 g/mol. The maximum absolute atomic E-state index is 13.2. The van der Waals surface area contributed by atoms with Gasteiger partial charge in [0.1, 0.15) is 10.7 Å². The number of rotatable bonds is 2. The van der Waals surface area contributed by atoms with Gasteiger partial charge in [-0.1, -0.05) is 11.6 Å². The molecule has 0 unspecified atom stereocenters. The smallest absolute Gasteiger partial charge is 0.207 e. The van der Waals surface area contributed by atoms with Crippen molar-refractivity contribution in [1.82, 2.24) is 4.31 Å². The number of hydrogen-bond donors (Lipinski definition) is 0. The predicted molar refractivity (Wildman–Crippen MR) is 64.1 cm³/mol. The van der Waals surface area contributed by atoms with Gasteiger partial charge in [0.15, 0.2) is 0 Å². The molecule has 1 aromatic carbocycles. The first kappa shape index (κ1) is 12.8. The van der Waals surface area contributed by atoms with Crippen LogP contribution in [-0.2, 0) is 10.0 Å². The molecular formula is C11H13ClFNO2S. The first-order chi connectivity index (χ1) is 7.93. The van der Waals surface area contributed by atoms with Gasteiger partial charge in [0.2, 0.25) is 10.0 Å². The van der Waals surface area contributed by atoms with Crippen LogP contribution in [0.4, 0.5) is 4.39 Å². The van der Waals surface area contributed by atoms with E-state index in [2.05, 4.69) is 0 Å². The summed E-state index contributed by atoms with van der Waals surface area (Å²) in [5, 5.41) is -0.0556. The molecule has 2 rings (SSSR count). The van der Waals surface area contributed by atoms with Crippen molar-refractivity contribution in [2.45, 2.75) is 24.7 Å². The maximum atomic E-state index is 13.2. The van der Waals surface area contributed by atoms with Gasteiger partial charge in [-0.25, -0.2) is 12.8 Å². The Bertz CT molecular complexity index is 539. The monoisotopic (exact) mass is 277 g/mol. The van der Waals surface area contributed by atoms with Crippen molar-refractivity contribution in [3.05, 3.63) is 28.5 Å². The van der Waals surface area contributed by atoms with E-state index in [9.17, 15) is 12.8 Å². The van der Waals surface area contributed by atoms with Crippen molar-refractivity contribution in [2.24, 2.45) is 0 Å². The summed E-state index contributed by atoms with van der Waals surface area (Å²) in [7, 11) is -3.57. The van der Waals surface area contributed by atoms with E-state index in [1.165, 1.54) is 17.3 Å². The summed E-state index contributed by atoms with van der Waals surface area (Å²) in [6.07, 6.45) is 1.72. The summed E-state index contributed by atoms with van der Waals surface area (Å²) in [5.74, 6) is -0.490. The van der Waals surface area contributed by atoms with Crippen LogP contribution in [0.5, 0.6) is 0 Å². The van der Waals surface area contributed by atoms with E-state index < -0.39 is 15.8 Å². The molecule has 1 aliphatic heterocycles. The molecule has 6 heteroatoms. The lowest BCUT2D eigenvalue weighted by atomic mass is 10.2. The quantitative estimate of drug-likeness (QED) is 0.833. The molecule has 1 saturated heterocycles. The minimum absolute atomic E-state index is 0.0000309. The third kappa shape index (κ3) is 2.32. The number of hydrogen-bond acceptors (Lipinski definition) is 2. The minimum Gasteiger partial charge on any atom is -0.207 e. The molecule has 3 nitrogen and oxygen atoms in total. The number of aryl methyl sites for hydroxylation is 1. The molecule has 0 bridgehead atoms. The van der Waals surface area contributed by atoms with Gasteiger partial charge in [0.05, 0.1) is 5.02 Å². The van der Waals surface area contributed by atoms with E-state index in [1.807, 2.05) is 0 Å². The van der Waals surface area contributed by atoms with Gasteiger partial charge in [-0.15, -0.1) is 0 Å². The number of nitrogens with zero attached hydrogens (tertiary/aromatic N) is 1. The van der Waals surface area contributed by atoms with Gasteiger partial charge < -0.3 is 0 Å². The molecule has 0 saturated carbocycles. The molecule has 1 aliphatic rings. The van der Waals surface area contributed by atoms with Crippen molar-refractivity contribution in [2.75, 3.05) is 13.1 Å². The summed E-state index contributed by atoms with van der Waals surface area (Å²) in [5.41, 5.74) is 0.284. The summed E-state index contributed by atoms with van der Waals surface area (Å²) in [6, 6.07) is 2.35. The molecule has 0 aliphatic carbocycles. The second-order valence-electron chi connectivity index (χ2n) is 4.14. The fourth-order valence-electron chi connectivity index (χ4n) is 1.90. The molecule has 1 heterocycles. The normalized spacial score (nSPS) is 17.6. The lowest BCUT2D eigenvalue weighted by Crippen LogP contribution is -2.28. The van der Waals surface area contributed by atoms with Crippen molar-refractivity contribution in [3.8, 4) is 0 Å². The average Bonchev–Trinajstić information content (AvgIpc) is 2.77. The number of sulfonamides is 1. The highest BCUT2D eigenvalue weighted by atomic mass is 35.5. The van der Waals surface area contributed by atoms with E-state index in [0.717, 1.165) is 18.9 Å². The Balaban J connectivity index is 2.49. The zero-order valence-corrected chi connectivity index (χ0v) is 11.0. The van der Waals surface area contributed by atoms with Crippen molar-refractivity contribution < 1.29 is 12.8 Å². The van der Waals surface area contributed by atoms with E-state index in [-0.39, 0.29) is 15.5 Å². The third-order valence-corrected chi connectivity index (χ3v) is 5.26. The second-order valence-corrected chi connectivity index (χ2v) is 6.46. The largest absolute Gasteiger partial charge is 0.244 e. The minimum atomic E-state index is -3.57. The van der Waals surface area contributed by atoms with E-state index in [0.29, 0.717) is 13.1 Å². The standard InChI is InChI=1S/C11H13ClFNO2S/c1-8-6-11(9(12)7-10(8)13)17(15,16)14-4-2-3-5-14/h6-7H,2-5H2,1H3. The molecule has 94 valence electrons. The molecule has 1 fully saturated rings. The van der Waals surface area contributed by atoms with Crippen LogP contribution >= 0.6 is 11.6 Å². The number of benzene rings is 1. The van der Waals surface area contributed by atoms with Crippen LogP contribution in [0, 0.1) is 12.7 Å². The van der Waals surface area contributed by atoms with Crippen molar-refractivity contribution in [1.29, 1.82) is 0 Å². The van der Waals surface area contributed by atoms with E-state index in [1.54, 1.807) is 0 Å². The molecule has 17 heavy (non-hydrogen) atoms. The zero-order chi connectivity index (χ0) is 12.6. The number of halogens is 2. The Hall–Kier alpha value is -0.650. The fraction of sp³-hybridized carbons (Fsp3) is 0.455. The lowest BCUT2D eigenvalue weighted by molar-refractivity contribution is 0.477. The van der Waals surface area contributed by atoms with Crippen LogP contribution in [0.15, 0.2) is 17.0 Å². The molecule has 0 radical (unpaired) electrons. The lowest BCUT2D eigenvalue weighted by Gasteiger charge is -2.17. The molecule has 0 spiro atoms. The summed E-state index contributed by atoms with van der Waals surface area (Å²) in [6.45, 7) is 2.54. The Kier molecular flexibility index (Phi) is 3.43. The van der Waals surface area contributed by atoms with Gasteiger partial charge in [-0.05, 0) is 37.5 Å². The highest BCUT2D eigenvalue weighted by molar-refractivity contribution is 7.89. The highest BCUT2D eigenvalue weighted by Crippen LogP contribution is 2.29. The van der Waals surface area contributed by atoms with E-state index >= 15 is 0 Å². The van der Waals surface area contributed by atoms with Crippen LogP contribution in [0.2, 0.25) is 5.02 Å². The van der Waals surface area contributed by atoms with Crippen LogP contribution in [0.3, 0.4) is 0 Å². The Labute approximate surface area is 105 Å². The van der Waals surface area contributed by atoms with Crippen LogP contribution in [-0.4, -0.2) is 25.8 Å². The fourth-order valence-corrected chi connectivity index (χ4v) is 3.99. The first-order valence-corrected chi connectivity index (χ1v) is 7.20. The van der Waals surface area contributed by atoms with Crippen LogP contribution < -0.4 is 0 Å². The topological polar surface area (TPSA) is 37.4 Å². The predicted octanol–water partition coefficient (Wildman–Crippen LogP) is 2.57. The van der Waals surface area contributed by atoms with Gasteiger partial charge in [0.25, 0.3) is 0 Å². The first-order valence-electron chi connectivity index (χ1n) is 5.39. The molecule has 1 aromatic rings. The van der Waals surface area contributed by atoms with Gasteiger partial charge in [-0.3, -0.25) is 0 Å². The summed E-state index contributed by atoms with van der Waals surface area (Å²) >= 11 is 5.82. The Morgan fingerprint density at radius 3 is 2.47 bits per heavy atom. The molecule has 0 amide bonds. The van der Waals surface area contributed by atoms with Crippen LogP contribution in [0.1, 0.15) is 18.4 Å². The average molecular weight is 278 g/mol. The Morgan fingerprint density at radius 1 is 1.29 bits per heavy atom. The van der Waals surface area contributed by atoms with Gasteiger partial charge >= 0.3 is 0 Å². The highest BCUT2D eigenvalue weighted by Gasteiger charge is 2.29. The van der Waals surface area contributed by atoms with Crippen molar-refractivity contribution in [3.63, 3.8) is 0 Å². The third-order valence-electron chi connectivity index (χ3n) is 2.90. The maximum Gasteiger partial charge on any atom is 0.244 e. The summed E-state index contributed by atoms with van der Waals surface area (Å²) in [4.78, 5) is -0.0000309.